The fourth-order valence-corrected chi connectivity index (χ4v) is 3.43. The van der Waals surface area contributed by atoms with Crippen LogP contribution in [0.1, 0.15) is 65.2 Å². The van der Waals surface area contributed by atoms with Crippen LogP contribution in [-0.2, 0) is 24.0 Å². The Morgan fingerprint density at radius 1 is 0.842 bits per heavy atom. The zero-order chi connectivity index (χ0) is 29.3. The minimum Gasteiger partial charge on any atom is -0.481 e. The van der Waals surface area contributed by atoms with Gasteiger partial charge in [0.25, 0.3) is 0 Å². The Bertz CT molecular complexity index is 820. The number of rotatable bonds is 20. The van der Waals surface area contributed by atoms with E-state index < -0.39 is 53.8 Å². The van der Waals surface area contributed by atoms with Gasteiger partial charge in [0, 0.05) is 13.0 Å². The van der Waals surface area contributed by atoms with Crippen LogP contribution in [0.25, 0.3) is 0 Å². The summed E-state index contributed by atoms with van der Waals surface area (Å²) >= 11 is 0. The molecule has 0 heterocycles. The van der Waals surface area contributed by atoms with Crippen molar-refractivity contribution in [2.24, 2.45) is 33.8 Å². The predicted molar refractivity (Wildman–Crippen MR) is 141 cm³/mol. The maximum absolute atomic E-state index is 13.2. The average molecular weight is 545 g/mol. The molecule has 0 radical (unpaired) electrons. The predicted octanol–water partition coefficient (Wildman–Crippen LogP) is -2.05. The minimum absolute atomic E-state index is 0.0890. The number of carboxylic acid groups (broad SMARTS) is 2. The summed E-state index contributed by atoms with van der Waals surface area (Å²) in [5, 5.41) is 25.9. The molecule has 0 aliphatic heterocycles. The molecule has 218 valence electrons. The number of carbonyl (C=O) groups excluding carboxylic acids is 3. The summed E-state index contributed by atoms with van der Waals surface area (Å²) in [7, 11) is 0. The van der Waals surface area contributed by atoms with Gasteiger partial charge in [-0.15, -0.1) is 0 Å². The third-order valence-corrected chi connectivity index (χ3v) is 5.94. The van der Waals surface area contributed by atoms with Gasteiger partial charge in [-0.2, -0.15) is 0 Å². The summed E-state index contributed by atoms with van der Waals surface area (Å²) in [5.41, 5.74) is 21.9. The van der Waals surface area contributed by atoms with Crippen molar-refractivity contribution in [1.82, 2.24) is 16.0 Å². The molecule has 5 unspecified atom stereocenters. The van der Waals surface area contributed by atoms with Crippen LogP contribution in [0.2, 0.25) is 0 Å². The van der Waals surface area contributed by atoms with Crippen molar-refractivity contribution < 1.29 is 34.2 Å². The summed E-state index contributed by atoms with van der Waals surface area (Å²) in [6.45, 7) is 4.10. The van der Waals surface area contributed by atoms with Gasteiger partial charge < -0.3 is 49.1 Å². The molecule has 13 N–H and O–H groups in total. The summed E-state index contributed by atoms with van der Waals surface area (Å²) < 4.78 is 0. The van der Waals surface area contributed by atoms with E-state index in [1.165, 1.54) is 0 Å². The van der Waals surface area contributed by atoms with Gasteiger partial charge in [0.2, 0.25) is 17.7 Å². The average Bonchev–Trinajstić information content (AvgIpc) is 2.85. The smallest absolute Gasteiger partial charge is 0.326 e. The van der Waals surface area contributed by atoms with E-state index >= 15 is 0 Å². The lowest BCUT2D eigenvalue weighted by atomic mass is 9.96. The molecule has 0 rings (SSSR count). The molecule has 0 aromatic carbocycles. The third-order valence-electron chi connectivity index (χ3n) is 5.94. The van der Waals surface area contributed by atoms with Crippen LogP contribution < -0.4 is 38.9 Å². The van der Waals surface area contributed by atoms with Gasteiger partial charge in [-0.3, -0.25) is 24.2 Å². The van der Waals surface area contributed by atoms with Crippen LogP contribution in [-0.4, -0.2) is 83.1 Å². The molecule has 0 aromatic heterocycles. The largest absolute Gasteiger partial charge is 0.481 e. The molecular weight excluding hydrogens is 500 g/mol. The van der Waals surface area contributed by atoms with Crippen LogP contribution in [0.3, 0.4) is 0 Å². The second kappa shape index (κ2) is 18.7. The molecule has 0 aliphatic carbocycles. The molecule has 0 fully saturated rings. The van der Waals surface area contributed by atoms with Crippen LogP contribution in [0.4, 0.5) is 0 Å². The van der Waals surface area contributed by atoms with E-state index in [0.717, 1.165) is 0 Å². The molecule has 0 aromatic rings. The Morgan fingerprint density at radius 3 is 1.97 bits per heavy atom. The fourth-order valence-electron chi connectivity index (χ4n) is 3.43. The quantitative estimate of drug-likeness (QED) is 0.0456. The Labute approximate surface area is 222 Å². The number of guanidine groups is 1. The van der Waals surface area contributed by atoms with E-state index in [-0.39, 0.29) is 44.1 Å². The molecular formula is C23H44N8O7. The van der Waals surface area contributed by atoms with Gasteiger partial charge in [-0.05, 0) is 51.0 Å². The summed E-state index contributed by atoms with van der Waals surface area (Å²) in [6, 6.07) is -4.54. The molecule has 0 saturated heterocycles. The second-order valence-corrected chi connectivity index (χ2v) is 9.10. The summed E-state index contributed by atoms with van der Waals surface area (Å²) in [6.07, 6.45) is 1.68. The van der Waals surface area contributed by atoms with Crippen molar-refractivity contribution >= 4 is 35.6 Å². The molecule has 15 nitrogen and oxygen atoms in total. The lowest BCUT2D eigenvalue weighted by molar-refractivity contribution is -0.143. The minimum atomic E-state index is -1.20. The Morgan fingerprint density at radius 2 is 1.45 bits per heavy atom. The second-order valence-electron chi connectivity index (χ2n) is 9.10. The van der Waals surface area contributed by atoms with Crippen LogP contribution in [0.5, 0.6) is 0 Å². The third kappa shape index (κ3) is 14.3. The number of hydrogen-bond acceptors (Lipinski definition) is 8. The maximum Gasteiger partial charge on any atom is 0.326 e. The van der Waals surface area contributed by atoms with Crippen molar-refractivity contribution in [2.45, 2.75) is 89.4 Å². The van der Waals surface area contributed by atoms with Crippen molar-refractivity contribution in [3.63, 3.8) is 0 Å². The zero-order valence-corrected chi connectivity index (χ0v) is 22.2. The number of amides is 3. The number of nitrogens with zero attached hydrogens (tertiary/aromatic N) is 1. The topological polar surface area (TPSA) is 278 Å². The van der Waals surface area contributed by atoms with Gasteiger partial charge in [0.1, 0.15) is 18.1 Å². The van der Waals surface area contributed by atoms with Gasteiger partial charge in [-0.1, -0.05) is 20.3 Å². The Kier molecular flexibility index (Phi) is 17.0. The lowest BCUT2D eigenvalue weighted by Crippen LogP contribution is -2.58. The monoisotopic (exact) mass is 544 g/mol. The van der Waals surface area contributed by atoms with Crippen LogP contribution in [0.15, 0.2) is 4.99 Å². The number of nitrogens with one attached hydrogen (secondary N) is 3. The summed E-state index contributed by atoms with van der Waals surface area (Å²) in [5.74, 6) is -4.93. The van der Waals surface area contributed by atoms with Gasteiger partial charge in [-0.25, -0.2) is 4.79 Å². The van der Waals surface area contributed by atoms with E-state index in [4.69, 9.17) is 28.0 Å². The van der Waals surface area contributed by atoms with Gasteiger partial charge in [0.05, 0.1) is 6.04 Å². The number of carbonyl (C=O) groups is 5. The van der Waals surface area contributed by atoms with Gasteiger partial charge in [0.15, 0.2) is 5.96 Å². The molecule has 0 aliphatic rings. The molecule has 38 heavy (non-hydrogen) atoms. The fraction of sp³-hybridized carbons (Fsp3) is 0.739. The number of nitrogens with two attached hydrogens (primary N) is 4. The normalized spacial score (nSPS) is 14.7. The van der Waals surface area contributed by atoms with E-state index in [0.29, 0.717) is 32.2 Å². The highest BCUT2D eigenvalue weighted by Gasteiger charge is 2.32. The van der Waals surface area contributed by atoms with E-state index in [9.17, 15) is 29.1 Å². The first-order chi connectivity index (χ1) is 17.8. The maximum atomic E-state index is 13.2. The van der Waals surface area contributed by atoms with Crippen molar-refractivity contribution in [1.29, 1.82) is 0 Å². The first-order valence-corrected chi connectivity index (χ1v) is 12.7. The lowest BCUT2D eigenvalue weighted by Gasteiger charge is -2.28. The first kappa shape index (κ1) is 34.5. The highest BCUT2D eigenvalue weighted by molar-refractivity contribution is 5.94. The summed E-state index contributed by atoms with van der Waals surface area (Å²) in [4.78, 5) is 65.1. The Hall–Kier alpha value is -3.46. The first-order valence-electron chi connectivity index (χ1n) is 12.7. The highest BCUT2D eigenvalue weighted by atomic mass is 16.4. The molecule has 0 bridgehead atoms. The molecule has 3 amide bonds. The van der Waals surface area contributed by atoms with E-state index in [2.05, 4.69) is 20.9 Å². The van der Waals surface area contributed by atoms with Crippen LogP contribution >= 0.6 is 0 Å². The molecule has 15 heteroatoms. The Balaban J connectivity index is 5.62. The standard InChI is InChI=1S/C23H44N8O7/c1-3-13(2)18(21(36)30-16(22(37)38)7-4-5-11-24)31-20(35)15(8-6-12-28-23(26)27)29-19(34)14(25)9-10-17(32)33/h13-16,18H,3-12,24-25H2,1-2H3,(H,29,34)(H,30,36)(H,31,35)(H,32,33)(H,37,38)(H4,26,27,28). The SMILES string of the molecule is CCC(C)C(NC(=O)C(CCCN=C(N)N)NC(=O)C(N)CCC(=O)O)C(=O)NC(CCCCN)C(=O)O. The zero-order valence-electron chi connectivity index (χ0n) is 22.2. The number of hydrogen-bond donors (Lipinski definition) is 9. The van der Waals surface area contributed by atoms with Gasteiger partial charge >= 0.3 is 11.9 Å². The molecule has 5 atom stereocenters. The number of aliphatic imine (C=N–C) groups is 1. The van der Waals surface area contributed by atoms with Crippen LogP contribution in [0, 0.1) is 5.92 Å². The number of carboxylic acids is 2. The van der Waals surface area contributed by atoms with Crippen molar-refractivity contribution in [3.05, 3.63) is 0 Å². The van der Waals surface area contributed by atoms with Crippen molar-refractivity contribution in [3.8, 4) is 0 Å². The highest BCUT2D eigenvalue weighted by Crippen LogP contribution is 2.11. The molecule has 0 spiro atoms. The van der Waals surface area contributed by atoms with E-state index in [1.807, 2.05) is 6.92 Å². The van der Waals surface area contributed by atoms with Crippen molar-refractivity contribution in [2.75, 3.05) is 13.1 Å². The number of aliphatic carboxylic acids is 2. The number of unbranched alkanes of at least 4 members (excludes halogenated alkanes) is 1. The molecule has 0 saturated carbocycles. The van der Waals surface area contributed by atoms with E-state index in [1.54, 1.807) is 6.92 Å².